The van der Waals surface area contributed by atoms with Gasteiger partial charge in [0.2, 0.25) is 5.16 Å². The number of H-pyrrole nitrogens is 1. The molecule has 152 valence electrons. The smallest absolute Gasteiger partial charge is 0.208 e. The van der Waals surface area contributed by atoms with Gasteiger partial charge in [0, 0.05) is 29.4 Å². The number of aromatic amines is 1. The molecule has 0 unspecified atom stereocenters. The van der Waals surface area contributed by atoms with Crippen molar-refractivity contribution in [3.05, 3.63) is 58.7 Å². The normalized spacial score (nSPS) is 13.6. The van der Waals surface area contributed by atoms with Crippen LogP contribution in [0.1, 0.15) is 51.9 Å². The van der Waals surface area contributed by atoms with Gasteiger partial charge in [-0.3, -0.25) is 9.89 Å². The zero-order valence-corrected chi connectivity index (χ0v) is 17.9. The monoisotopic (exact) mass is 410 g/mol. The number of benzene rings is 1. The SMILES string of the molecule is COc1ccc(CCn2c(C)cc(C(=O)CSc3n[nH]c(C4CC4)n3)c2C)cc1. The lowest BCUT2D eigenvalue weighted by atomic mass is 10.1. The number of carbonyl (C=O) groups is 1. The van der Waals surface area contributed by atoms with Crippen LogP contribution >= 0.6 is 11.8 Å². The predicted molar refractivity (Wildman–Crippen MR) is 114 cm³/mol. The standard InChI is InChI=1S/C22H26N4O2S/c1-14-12-19(20(27)13-29-22-23-21(24-25-22)17-6-7-17)15(2)26(14)11-10-16-4-8-18(28-3)9-5-16/h4-5,8-9,12,17H,6-7,10-11,13H2,1-3H3,(H,23,24,25). The number of methoxy groups -OCH3 is 1. The van der Waals surface area contributed by atoms with E-state index in [-0.39, 0.29) is 5.78 Å². The molecule has 0 saturated heterocycles. The Labute approximate surface area is 175 Å². The Bertz CT molecular complexity index is 1000. The van der Waals surface area contributed by atoms with Crippen LogP contribution in [0.3, 0.4) is 0 Å². The van der Waals surface area contributed by atoms with Gasteiger partial charge < -0.3 is 9.30 Å². The summed E-state index contributed by atoms with van der Waals surface area (Å²) in [7, 11) is 1.67. The number of thioether (sulfide) groups is 1. The number of hydrogen-bond donors (Lipinski definition) is 1. The van der Waals surface area contributed by atoms with Crippen molar-refractivity contribution >= 4 is 17.5 Å². The third kappa shape index (κ3) is 4.56. The minimum atomic E-state index is 0.122. The number of ether oxygens (including phenoxy) is 1. The van der Waals surface area contributed by atoms with Crippen LogP contribution in [0.4, 0.5) is 0 Å². The second-order valence-electron chi connectivity index (χ2n) is 7.52. The quantitative estimate of drug-likeness (QED) is 0.420. The largest absolute Gasteiger partial charge is 0.497 e. The molecule has 0 bridgehead atoms. The van der Waals surface area contributed by atoms with E-state index in [2.05, 4.69) is 38.8 Å². The van der Waals surface area contributed by atoms with Gasteiger partial charge in [-0.05, 0) is 56.9 Å². The van der Waals surface area contributed by atoms with Crippen molar-refractivity contribution in [3.8, 4) is 5.75 Å². The highest BCUT2D eigenvalue weighted by Crippen LogP contribution is 2.38. The molecule has 2 heterocycles. The van der Waals surface area contributed by atoms with E-state index in [1.807, 2.05) is 25.1 Å². The van der Waals surface area contributed by atoms with E-state index in [4.69, 9.17) is 4.74 Å². The summed E-state index contributed by atoms with van der Waals surface area (Å²) in [4.78, 5) is 17.3. The fraction of sp³-hybridized carbons (Fsp3) is 0.409. The van der Waals surface area contributed by atoms with Crippen LogP contribution in [0, 0.1) is 13.8 Å². The van der Waals surface area contributed by atoms with E-state index in [0.717, 1.165) is 41.5 Å². The Morgan fingerprint density at radius 3 is 2.72 bits per heavy atom. The lowest BCUT2D eigenvalue weighted by Gasteiger charge is -2.10. The average Bonchev–Trinajstić information content (AvgIpc) is 3.41. The molecule has 4 rings (SSSR count). The van der Waals surface area contributed by atoms with Gasteiger partial charge in [-0.2, -0.15) is 0 Å². The molecule has 1 aliphatic rings. The molecule has 0 radical (unpaired) electrons. The van der Waals surface area contributed by atoms with Crippen molar-refractivity contribution in [1.29, 1.82) is 0 Å². The second-order valence-corrected chi connectivity index (χ2v) is 8.47. The summed E-state index contributed by atoms with van der Waals surface area (Å²) >= 11 is 1.40. The van der Waals surface area contributed by atoms with Gasteiger partial charge in [-0.25, -0.2) is 4.98 Å². The summed E-state index contributed by atoms with van der Waals surface area (Å²) in [6.07, 6.45) is 3.27. The lowest BCUT2D eigenvalue weighted by Crippen LogP contribution is -2.08. The number of aromatic nitrogens is 4. The number of ketones is 1. The molecule has 6 nitrogen and oxygen atoms in total. The Morgan fingerprint density at radius 1 is 1.28 bits per heavy atom. The first-order chi connectivity index (χ1) is 14.0. The van der Waals surface area contributed by atoms with Gasteiger partial charge >= 0.3 is 0 Å². The molecule has 1 aromatic carbocycles. The predicted octanol–water partition coefficient (Wildman–Crippen LogP) is 4.33. The van der Waals surface area contributed by atoms with Crippen LogP contribution in [0.25, 0.3) is 0 Å². The molecular formula is C22H26N4O2S. The molecule has 1 N–H and O–H groups in total. The second kappa shape index (κ2) is 8.45. The molecule has 7 heteroatoms. The van der Waals surface area contributed by atoms with Gasteiger partial charge in [0.25, 0.3) is 0 Å². The molecule has 1 saturated carbocycles. The Morgan fingerprint density at radius 2 is 2.03 bits per heavy atom. The topological polar surface area (TPSA) is 72.8 Å². The first kappa shape index (κ1) is 19.8. The van der Waals surface area contributed by atoms with Crippen LogP contribution in [-0.2, 0) is 13.0 Å². The van der Waals surface area contributed by atoms with Crippen molar-refractivity contribution in [2.45, 2.75) is 50.7 Å². The number of carbonyl (C=O) groups excluding carboxylic acids is 1. The first-order valence-electron chi connectivity index (χ1n) is 9.93. The summed E-state index contributed by atoms with van der Waals surface area (Å²) in [5, 5.41) is 7.87. The highest BCUT2D eigenvalue weighted by atomic mass is 32.2. The summed E-state index contributed by atoms with van der Waals surface area (Å²) in [5.74, 6) is 2.83. The molecule has 2 aromatic heterocycles. The number of hydrogen-bond acceptors (Lipinski definition) is 5. The highest BCUT2D eigenvalue weighted by Gasteiger charge is 2.27. The van der Waals surface area contributed by atoms with Crippen molar-refractivity contribution in [3.63, 3.8) is 0 Å². The van der Waals surface area contributed by atoms with Crippen molar-refractivity contribution in [2.24, 2.45) is 0 Å². The third-order valence-corrected chi connectivity index (χ3v) is 6.28. The van der Waals surface area contributed by atoms with Crippen molar-refractivity contribution < 1.29 is 9.53 Å². The van der Waals surface area contributed by atoms with Crippen LogP contribution in [0.15, 0.2) is 35.5 Å². The summed E-state index contributed by atoms with van der Waals surface area (Å²) < 4.78 is 7.44. The summed E-state index contributed by atoms with van der Waals surface area (Å²) in [6.45, 7) is 4.93. The van der Waals surface area contributed by atoms with E-state index in [9.17, 15) is 4.79 Å². The molecule has 0 aliphatic heterocycles. The van der Waals surface area contributed by atoms with E-state index in [1.54, 1.807) is 7.11 Å². The molecule has 1 aliphatic carbocycles. The van der Waals surface area contributed by atoms with Crippen molar-refractivity contribution in [2.75, 3.05) is 12.9 Å². The Hall–Kier alpha value is -2.54. The van der Waals surface area contributed by atoms with Gasteiger partial charge in [0.05, 0.1) is 12.9 Å². The molecule has 0 amide bonds. The third-order valence-electron chi connectivity index (χ3n) is 5.44. The van der Waals surface area contributed by atoms with Gasteiger partial charge in [-0.15, -0.1) is 5.10 Å². The fourth-order valence-corrected chi connectivity index (χ4v) is 4.22. The summed E-state index contributed by atoms with van der Waals surface area (Å²) in [5.41, 5.74) is 4.18. The summed E-state index contributed by atoms with van der Waals surface area (Å²) in [6, 6.07) is 10.1. The number of nitrogens with one attached hydrogen (secondary N) is 1. The Kier molecular flexibility index (Phi) is 5.76. The minimum Gasteiger partial charge on any atom is -0.497 e. The Balaban J connectivity index is 1.37. The van der Waals surface area contributed by atoms with Crippen molar-refractivity contribution in [1.82, 2.24) is 19.7 Å². The van der Waals surface area contributed by atoms with Gasteiger partial charge in [-0.1, -0.05) is 23.9 Å². The zero-order chi connectivity index (χ0) is 20.4. The lowest BCUT2D eigenvalue weighted by molar-refractivity contribution is 0.102. The van der Waals surface area contributed by atoms with Crippen LogP contribution in [-0.4, -0.2) is 38.4 Å². The molecule has 0 spiro atoms. The van der Waals surface area contributed by atoms with E-state index in [0.29, 0.717) is 16.8 Å². The van der Waals surface area contributed by atoms with Crippen LogP contribution in [0.5, 0.6) is 5.75 Å². The number of rotatable bonds is 9. The molecular weight excluding hydrogens is 384 g/mol. The fourth-order valence-electron chi connectivity index (χ4n) is 3.53. The van der Waals surface area contributed by atoms with Crippen LogP contribution < -0.4 is 4.74 Å². The maximum atomic E-state index is 12.8. The molecule has 3 aromatic rings. The maximum absolute atomic E-state index is 12.8. The number of aryl methyl sites for hydroxylation is 2. The zero-order valence-electron chi connectivity index (χ0n) is 17.1. The van der Waals surface area contributed by atoms with Gasteiger partial charge in [0.15, 0.2) is 5.78 Å². The minimum absolute atomic E-state index is 0.122. The van der Waals surface area contributed by atoms with Gasteiger partial charge in [0.1, 0.15) is 11.6 Å². The molecule has 29 heavy (non-hydrogen) atoms. The number of Topliss-reactive ketones (excluding diaryl/α,β-unsaturated/α-hetero) is 1. The average molecular weight is 411 g/mol. The van der Waals surface area contributed by atoms with E-state index < -0.39 is 0 Å². The molecule has 1 fully saturated rings. The van der Waals surface area contributed by atoms with E-state index >= 15 is 0 Å². The maximum Gasteiger partial charge on any atom is 0.208 e. The first-order valence-corrected chi connectivity index (χ1v) is 10.9. The molecule has 0 atom stereocenters. The van der Waals surface area contributed by atoms with E-state index in [1.165, 1.54) is 30.2 Å². The highest BCUT2D eigenvalue weighted by molar-refractivity contribution is 7.99. The van der Waals surface area contributed by atoms with Crippen LogP contribution in [0.2, 0.25) is 0 Å². The number of nitrogens with zero attached hydrogens (tertiary/aromatic N) is 3.